The van der Waals surface area contributed by atoms with E-state index < -0.39 is 62.3 Å². The number of phosphoric ester groups is 1. The van der Waals surface area contributed by atoms with Crippen molar-refractivity contribution in [3.05, 3.63) is 90.6 Å². The molecule has 0 aromatic heterocycles. The lowest BCUT2D eigenvalue weighted by molar-refractivity contribution is -0.230. The maximum atomic E-state index is 12.5. The number of allylic oxidation sites excluding steroid dienone is 4. The minimum Gasteiger partial charge on any atom is -0.756 e. The molecular formula is C38H53N5O14P-. The summed E-state index contributed by atoms with van der Waals surface area (Å²) in [6.07, 6.45) is 10.9. The van der Waals surface area contributed by atoms with Gasteiger partial charge in [-0.05, 0) is 49.6 Å². The topological polar surface area (TPSA) is 280 Å². The number of carbonyl (C=O) groups excluding carboxylic acids is 5. The number of nitrogens with zero attached hydrogens (tertiary/aromatic N) is 2. The Morgan fingerprint density at radius 1 is 1.07 bits per heavy atom. The van der Waals surface area contributed by atoms with E-state index >= 15 is 0 Å². The molecule has 0 aliphatic carbocycles. The lowest BCUT2D eigenvalue weighted by Crippen LogP contribution is -2.42. The fourth-order valence-corrected chi connectivity index (χ4v) is 5.48. The molecule has 1 aromatic carbocycles. The van der Waals surface area contributed by atoms with Crippen LogP contribution in [-0.4, -0.2) is 119 Å². The highest BCUT2D eigenvalue weighted by Gasteiger charge is 2.34. The molecule has 5 amide bonds. The van der Waals surface area contributed by atoms with Gasteiger partial charge in [-0.15, -0.1) is 0 Å². The third-order valence-electron chi connectivity index (χ3n) is 8.14. The number of hydrogen-bond donors (Lipinski definition) is 6. The number of rotatable bonds is 23. The van der Waals surface area contributed by atoms with Crippen LogP contribution >= 0.6 is 7.82 Å². The van der Waals surface area contributed by atoms with Gasteiger partial charge in [0.2, 0.25) is 5.91 Å². The van der Waals surface area contributed by atoms with Gasteiger partial charge < -0.3 is 64.9 Å². The van der Waals surface area contributed by atoms with Gasteiger partial charge in [-0.2, -0.15) is 0 Å². The van der Waals surface area contributed by atoms with Crippen molar-refractivity contribution in [3.63, 3.8) is 0 Å². The lowest BCUT2D eigenvalue weighted by atomic mass is 9.93. The molecule has 5 atom stereocenters. The molecule has 0 bridgehead atoms. The Morgan fingerprint density at radius 2 is 1.72 bits per heavy atom. The van der Waals surface area contributed by atoms with Crippen LogP contribution in [0.3, 0.4) is 0 Å². The molecule has 2 rings (SSSR count). The average molecular weight is 835 g/mol. The van der Waals surface area contributed by atoms with Crippen molar-refractivity contribution in [1.82, 2.24) is 15.1 Å². The Bertz CT molecular complexity index is 1710. The maximum Gasteiger partial charge on any atom is 0.409 e. The van der Waals surface area contributed by atoms with E-state index in [1.165, 1.54) is 67.3 Å². The van der Waals surface area contributed by atoms with Crippen molar-refractivity contribution in [2.75, 3.05) is 45.7 Å². The standard InChI is InChI=1S/C38H54N5O14P/c1-38(50,21-20-31-13-11-15-34(46)56-31)32(57-58(51,52)53)26-30(44)12-7-5-4-6-10-25-54-36(48)42(2)23-24-43(3)37(49)55-27-28-16-18-29(19-17-28)41-33(45)14-8-9-22-40-35(39)47/h4-7,10-12,15-21,30-32,44,50H,8-9,13-14,22-27H2,1-3H3,(H,41,45)(H3,39,40,47)(H2,51,52,53)/p-1/b5-4-,10-6-,12-7-,21-20+/t30-,31+,32+,38+/m1/s1. The van der Waals surface area contributed by atoms with E-state index in [1.807, 2.05) is 0 Å². The van der Waals surface area contributed by atoms with Crippen LogP contribution in [0, 0.1) is 0 Å². The number of cyclic esters (lactones) is 1. The van der Waals surface area contributed by atoms with Gasteiger partial charge in [0.1, 0.15) is 31.0 Å². The number of benzene rings is 1. The van der Waals surface area contributed by atoms with Crippen molar-refractivity contribution in [2.45, 2.75) is 69.5 Å². The number of amides is 5. The number of nitrogens with one attached hydrogen (secondary N) is 2. The number of esters is 1. The minimum atomic E-state index is -5.31. The van der Waals surface area contributed by atoms with Crippen molar-refractivity contribution in [1.29, 1.82) is 0 Å². The second-order valence-electron chi connectivity index (χ2n) is 13.2. The Kier molecular flexibility index (Phi) is 21.2. The number of likely N-dealkylation sites (N-methyl/N-ethyl adjacent to an activating group) is 2. The molecule has 19 nitrogen and oxygen atoms in total. The molecule has 0 radical (unpaired) electrons. The van der Waals surface area contributed by atoms with Gasteiger partial charge >= 0.3 is 24.2 Å². The smallest absolute Gasteiger partial charge is 0.409 e. The molecule has 7 N–H and O–H groups in total. The van der Waals surface area contributed by atoms with Gasteiger partial charge in [-0.1, -0.05) is 54.7 Å². The highest BCUT2D eigenvalue weighted by atomic mass is 31.2. The molecular weight excluding hydrogens is 781 g/mol. The number of carbonyl (C=O) groups is 5. The highest BCUT2D eigenvalue weighted by molar-refractivity contribution is 7.44. The van der Waals surface area contributed by atoms with Crippen LogP contribution in [0.1, 0.15) is 44.6 Å². The second-order valence-corrected chi connectivity index (χ2v) is 14.4. The summed E-state index contributed by atoms with van der Waals surface area (Å²) in [5.74, 6) is -0.747. The number of phosphoric acid groups is 1. The van der Waals surface area contributed by atoms with E-state index in [1.54, 1.807) is 48.6 Å². The number of urea groups is 1. The molecule has 0 fully saturated rings. The minimum absolute atomic E-state index is 0.00611. The van der Waals surface area contributed by atoms with E-state index in [2.05, 4.69) is 15.2 Å². The van der Waals surface area contributed by atoms with Crippen LogP contribution in [0.15, 0.2) is 85.0 Å². The zero-order chi connectivity index (χ0) is 43.1. The molecule has 20 heteroatoms. The Labute approximate surface area is 337 Å². The molecule has 1 aliphatic heterocycles. The first-order valence-electron chi connectivity index (χ1n) is 18.2. The summed E-state index contributed by atoms with van der Waals surface area (Å²) < 4.78 is 31.7. The summed E-state index contributed by atoms with van der Waals surface area (Å²) >= 11 is 0. The summed E-state index contributed by atoms with van der Waals surface area (Å²) in [5, 5.41) is 26.5. The third-order valence-corrected chi connectivity index (χ3v) is 8.66. The van der Waals surface area contributed by atoms with Crippen molar-refractivity contribution >= 4 is 43.6 Å². The summed E-state index contributed by atoms with van der Waals surface area (Å²) in [5.41, 5.74) is 4.29. The monoisotopic (exact) mass is 834 g/mol. The highest BCUT2D eigenvalue weighted by Crippen LogP contribution is 2.38. The Hall–Kier alpha value is -5.30. The molecule has 0 saturated carbocycles. The molecule has 0 spiro atoms. The Balaban J connectivity index is 1.69. The van der Waals surface area contributed by atoms with Crippen molar-refractivity contribution < 1.29 is 67.3 Å². The summed E-state index contributed by atoms with van der Waals surface area (Å²) in [6, 6.07) is 6.21. The number of aliphatic hydroxyl groups is 2. The predicted molar refractivity (Wildman–Crippen MR) is 209 cm³/mol. The van der Waals surface area contributed by atoms with E-state index in [0.29, 0.717) is 37.1 Å². The molecule has 0 saturated heterocycles. The number of hydrogen-bond acceptors (Lipinski definition) is 13. The third kappa shape index (κ3) is 21.3. The SMILES string of the molecule is CN(CCN(C)C(=O)OCc1ccc(NC(=O)CCCCNC(N)=O)cc1)C(=O)OC\C=C/C=C\C=C/[C@@H](O)C[C@H](OP(=O)([O-])O)[C@@](C)(O)/C=C/[C@@H]1CC=CC(=O)O1. The predicted octanol–water partition coefficient (Wildman–Crippen LogP) is 2.54. The molecule has 1 aliphatic rings. The number of nitrogens with two attached hydrogens (primary N) is 1. The van der Waals surface area contributed by atoms with Crippen molar-refractivity contribution in [3.8, 4) is 0 Å². The lowest BCUT2D eigenvalue weighted by Gasteiger charge is -2.34. The fraction of sp³-hybridized carbons (Fsp3) is 0.447. The van der Waals surface area contributed by atoms with Crippen LogP contribution in [0.5, 0.6) is 0 Å². The fourth-order valence-electron chi connectivity index (χ4n) is 4.86. The zero-order valence-electron chi connectivity index (χ0n) is 32.6. The van der Waals surface area contributed by atoms with Gasteiger partial charge in [0, 0.05) is 64.8 Å². The van der Waals surface area contributed by atoms with Gasteiger partial charge in [0.15, 0.2) is 0 Å². The quantitative estimate of drug-likeness (QED) is 0.0231. The molecule has 58 heavy (non-hydrogen) atoms. The van der Waals surface area contributed by atoms with Crippen LogP contribution in [-0.2, 0) is 39.5 Å². The molecule has 1 unspecified atom stereocenters. The number of ether oxygens (including phenoxy) is 3. The summed E-state index contributed by atoms with van der Waals surface area (Å²) in [7, 11) is -2.28. The Morgan fingerprint density at radius 3 is 2.36 bits per heavy atom. The van der Waals surface area contributed by atoms with Crippen LogP contribution < -0.4 is 21.3 Å². The molecule has 1 aromatic rings. The molecule has 1 heterocycles. The largest absolute Gasteiger partial charge is 0.756 e. The van der Waals surface area contributed by atoms with E-state index in [-0.39, 0.29) is 38.6 Å². The number of primary amides is 1. The number of unbranched alkanes of at least 4 members (excludes halogenated alkanes) is 1. The van der Waals surface area contributed by atoms with E-state index in [9.17, 15) is 48.5 Å². The first-order chi connectivity index (χ1) is 27.3. The number of aliphatic hydroxyl groups excluding tert-OH is 1. The first kappa shape index (κ1) is 48.8. The van der Waals surface area contributed by atoms with Gasteiger partial charge in [0.25, 0.3) is 7.82 Å². The zero-order valence-corrected chi connectivity index (χ0v) is 33.5. The average Bonchev–Trinajstić information content (AvgIpc) is 3.15. The summed E-state index contributed by atoms with van der Waals surface area (Å²) in [6.45, 7) is 1.86. The van der Waals surface area contributed by atoms with Crippen LogP contribution in [0.2, 0.25) is 0 Å². The molecule has 320 valence electrons. The first-order valence-corrected chi connectivity index (χ1v) is 19.7. The van der Waals surface area contributed by atoms with Gasteiger partial charge in [0.05, 0.1) is 6.10 Å². The van der Waals surface area contributed by atoms with Crippen molar-refractivity contribution in [2.24, 2.45) is 5.73 Å². The van der Waals surface area contributed by atoms with Crippen LogP contribution in [0.25, 0.3) is 0 Å². The summed E-state index contributed by atoms with van der Waals surface area (Å²) in [4.78, 5) is 82.3. The van der Waals surface area contributed by atoms with E-state index in [0.717, 1.165) is 0 Å². The van der Waals surface area contributed by atoms with Gasteiger partial charge in [-0.3, -0.25) is 9.36 Å². The second kappa shape index (κ2) is 25.1. The maximum absolute atomic E-state index is 12.5. The number of anilines is 1. The van der Waals surface area contributed by atoms with E-state index in [4.69, 9.17) is 19.9 Å². The van der Waals surface area contributed by atoms with Gasteiger partial charge in [-0.25, -0.2) is 19.2 Å². The van der Waals surface area contributed by atoms with Crippen LogP contribution in [0.4, 0.5) is 20.1 Å². The normalized spacial score (nSPS) is 17.4.